The van der Waals surface area contributed by atoms with Crippen molar-refractivity contribution in [1.29, 1.82) is 0 Å². The number of rotatable bonds is 6. The van der Waals surface area contributed by atoms with Crippen molar-refractivity contribution >= 4 is 15.9 Å². The van der Waals surface area contributed by atoms with E-state index in [9.17, 15) is 13.2 Å². The molecule has 6 nitrogen and oxygen atoms in total. The normalized spacial score (nSPS) is 19.4. The van der Waals surface area contributed by atoms with Crippen LogP contribution in [-0.2, 0) is 14.8 Å². The third-order valence-electron chi connectivity index (χ3n) is 3.43. The molecule has 1 rings (SSSR count). The maximum Gasteiger partial charge on any atom is 0.225 e. The van der Waals surface area contributed by atoms with Gasteiger partial charge in [-0.05, 0) is 19.4 Å². The number of piperazine rings is 1. The van der Waals surface area contributed by atoms with Gasteiger partial charge in [0, 0.05) is 32.1 Å². The summed E-state index contributed by atoms with van der Waals surface area (Å²) in [6.07, 6.45) is 1.29. The first-order valence-electron chi connectivity index (χ1n) is 6.89. The van der Waals surface area contributed by atoms with Gasteiger partial charge >= 0.3 is 0 Å². The summed E-state index contributed by atoms with van der Waals surface area (Å²) in [5.74, 6) is 0.187. The molecule has 0 radical (unpaired) electrons. The van der Waals surface area contributed by atoms with Gasteiger partial charge < -0.3 is 10.6 Å². The highest BCUT2D eigenvalue weighted by atomic mass is 32.2. The average Bonchev–Trinajstić information content (AvgIpc) is 2.38. The van der Waals surface area contributed by atoms with E-state index in [0.717, 1.165) is 0 Å². The summed E-state index contributed by atoms with van der Waals surface area (Å²) in [5, 5.41) is 0. The molecule has 112 valence electrons. The van der Waals surface area contributed by atoms with E-state index >= 15 is 0 Å². The number of nitrogens with zero attached hydrogens (tertiary/aromatic N) is 2. The molecule has 0 aromatic carbocycles. The Balaban J connectivity index is 2.51. The minimum atomic E-state index is -3.14. The molecule has 1 amide bonds. The zero-order valence-corrected chi connectivity index (χ0v) is 12.7. The molecule has 1 aliphatic heterocycles. The molecule has 1 unspecified atom stereocenters. The van der Waals surface area contributed by atoms with Crippen molar-refractivity contribution in [2.45, 2.75) is 26.7 Å². The lowest BCUT2D eigenvalue weighted by Gasteiger charge is -2.35. The molecule has 0 aromatic heterocycles. The Morgan fingerprint density at radius 2 is 1.84 bits per heavy atom. The molecule has 0 saturated carbocycles. The second-order valence-electron chi connectivity index (χ2n) is 5.02. The smallest absolute Gasteiger partial charge is 0.225 e. The highest BCUT2D eigenvalue weighted by molar-refractivity contribution is 7.89. The number of hydrogen-bond acceptors (Lipinski definition) is 4. The number of amides is 1. The number of carbonyl (C=O) groups excluding carboxylic acids is 1. The van der Waals surface area contributed by atoms with Gasteiger partial charge in [0.2, 0.25) is 15.9 Å². The summed E-state index contributed by atoms with van der Waals surface area (Å²) >= 11 is 0. The molecule has 7 heteroatoms. The summed E-state index contributed by atoms with van der Waals surface area (Å²) in [4.78, 5) is 13.8. The van der Waals surface area contributed by atoms with Gasteiger partial charge in [-0.15, -0.1) is 0 Å². The van der Waals surface area contributed by atoms with Crippen LogP contribution in [0.3, 0.4) is 0 Å². The molecule has 1 atom stereocenters. The topological polar surface area (TPSA) is 83.7 Å². The molecule has 1 heterocycles. The van der Waals surface area contributed by atoms with Crippen LogP contribution in [0, 0.1) is 5.92 Å². The third-order valence-corrected chi connectivity index (χ3v) is 5.50. The number of carbonyl (C=O) groups is 1. The molecule has 2 N–H and O–H groups in total. The monoisotopic (exact) mass is 291 g/mol. The minimum absolute atomic E-state index is 0.0798. The van der Waals surface area contributed by atoms with E-state index in [1.165, 1.54) is 4.31 Å². The van der Waals surface area contributed by atoms with Gasteiger partial charge in [-0.25, -0.2) is 8.42 Å². The van der Waals surface area contributed by atoms with E-state index in [4.69, 9.17) is 5.73 Å². The summed E-state index contributed by atoms with van der Waals surface area (Å²) in [7, 11) is -3.14. The number of nitrogens with two attached hydrogens (primary N) is 1. The van der Waals surface area contributed by atoms with Gasteiger partial charge in [-0.2, -0.15) is 4.31 Å². The van der Waals surface area contributed by atoms with Gasteiger partial charge in [0.25, 0.3) is 0 Å². The minimum Gasteiger partial charge on any atom is -0.340 e. The van der Waals surface area contributed by atoms with Crippen molar-refractivity contribution in [2.24, 2.45) is 11.7 Å². The van der Waals surface area contributed by atoms with Crippen molar-refractivity contribution in [3.8, 4) is 0 Å². The summed E-state index contributed by atoms with van der Waals surface area (Å²) < 4.78 is 25.3. The van der Waals surface area contributed by atoms with Crippen molar-refractivity contribution in [2.75, 3.05) is 38.5 Å². The summed E-state index contributed by atoms with van der Waals surface area (Å²) in [5.41, 5.74) is 5.45. The molecule has 1 saturated heterocycles. The standard InChI is InChI=1S/C12H25N3O3S/c1-3-10-19(17,18)15-8-6-14(7-9-15)12(16)11(2)4-5-13/h11H,3-10,13H2,1-2H3. The maximum absolute atomic E-state index is 12.1. The summed E-state index contributed by atoms with van der Waals surface area (Å²) in [6.45, 7) is 6.00. The molecule has 0 bridgehead atoms. The van der Waals surface area contributed by atoms with E-state index in [0.29, 0.717) is 45.6 Å². The van der Waals surface area contributed by atoms with Crippen molar-refractivity contribution in [3.05, 3.63) is 0 Å². The zero-order chi connectivity index (χ0) is 14.5. The van der Waals surface area contributed by atoms with Crippen LogP contribution in [-0.4, -0.2) is 62.0 Å². The van der Waals surface area contributed by atoms with Gasteiger partial charge in [-0.1, -0.05) is 13.8 Å². The quantitative estimate of drug-likeness (QED) is 0.738. The van der Waals surface area contributed by atoms with Crippen LogP contribution in [0.1, 0.15) is 26.7 Å². The average molecular weight is 291 g/mol. The Bertz CT molecular complexity index is 389. The van der Waals surface area contributed by atoms with Crippen LogP contribution in [0.5, 0.6) is 0 Å². The van der Waals surface area contributed by atoms with Gasteiger partial charge in [0.1, 0.15) is 0 Å². The Morgan fingerprint density at radius 1 is 1.26 bits per heavy atom. The third kappa shape index (κ3) is 4.43. The van der Waals surface area contributed by atoms with Gasteiger partial charge in [-0.3, -0.25) is 4.79 Å². The van der Waals surface area contributed by atoms with Crippen LogP contribution < -0.4 is 5.73 Å². The largest absolute Gasteiger partial charge is 0.340 e. The SMILES string of the molecule is CCCS(=O)(=O)N1CCN(C(=O)C(C)CCN)CC1. The molecular weight excluding hydrogens is 266 g/mol. The van der Waals surface area contributed by atoms with Crippen LogP contribution in [0.25, 0.3) is 0 Å². The van der Waals surface area contributed by atoms with Crippen LogP contribution in [0.4, 0.5) is 0 Å². The van der Waals surface area contributed by atoms with Crippen LogP contribution >= 0.6 is 0 Å². The van der Waals surface area contributed by atoms with Crippen molar-refractivity contribution in [3.63, 3.8) is 0 Å². The summed E-state index contributed by atoms with van der Waals surface area (Å²) in [6, 6.07) is 0. The van der Waals surface area contributed by atoms with Crippen LogP contribution in [0.2, 0.25) is 0 Å². The molecular formula is C12H25N3O3S. The molecule has 19 heavy (non-hydrogen) atoms. The Morgan fingerprint density at radius 3 is 2.32 bits per heavy atom. The highest BCUT2D eigenvalue weighted by Gasteiger charge is 2.29. The molecule has 0 aliphatic carbocycles. The lowest BCUT2D eigenvalue weighted by Crippen LogP contribution is -2.52. The zero-order valence-electron chi connectivity index (χ0n) is 11.8. The Hall–Kier alpha value is -0.660. The van der Waals surface area contributed by atoms with E-state index in [-0.39, 0.29) is 17.6 Å². The predicted molar refractivity (Wildman–Crippen MR) is 75.1 cm³/mol. The molecule has 0 aromatic rings. The molecule has 1 fully saturated rings. The second-order valence-corrected chi connectivity index (χ2v) is 7.11. The maximum atomic E-state index is 12.1. The van der Waals surface area contributed by atoms with E-state index in [2.05, 4.69) is 0 Å². The van der Waals surface area contributed by atoms with Crippen LogP contribution in [0.15, 0.2) is 0 Å². The fourth-order valence-electron chi connectivity index (χ4n) is 2.26. The van der Waals surface area contributed by atoms with E-state index in [1.807, 2.05) is 13.8 Å². The molecule has 1 aliphatic rings. The van der Waals surface area contributed by atoms with E-state index in [1.54, 1.807) is 4.90 Å². The highest BCUT2D eigenvalue weighted by Crippen LogP contribution is 2.13. The fourth-order valence-corrected chi connectivity index (χ4v) is 3.75. The van der Waals surface area contributed by atoms with Crippen molar-refractivity contribution < 1.29 is 13.2 Å². The van der Waals surface area contributed by atoms with E-state index < -0.39 is 10.0 Å². The first-order chi connectivity index (χ1) is 8.92. The Kier molecular flexibility index (Phi) is 6.22. The van der Waals surface area contributed by atoms with Crippen molar-refractivity contribution in [1.82, 2.24) is 9.21 Å². The number of sulfonamides is 1. The van der Waals surface area contributed by atoms with Gasteiger partial charge in [0.15, 0.2) is 0 Å². The fraction of sp³-hybridized carbons (Fsp3) is 0.917. The Labute approximate surface area is 116 Å². The van der Waals surface area contributed by atoms with Gasteiger partial charge in [0.05, 0.1) is 5.75 Å². The first-order valence-corrected chi connectivity index (χ1v) is 8.50. The first kappa shape index (κ1) is 16.4. The lowest BCUT2D eigenvalue weighted by atomic mass is 10.1. The molecule has 0 spiro atoms. The lowest BCUT2D eigenvalue weighted by molar-refractivity contribution is -0.136. The number of hydrogen-bond donors (Lipinski definition) is 1. The predicted octanol–water partition coefficient (Wildman–Crippen LogP) is -0.145. The second kappa shape index (κ2) is 7.21.